The molecule has 0 aliphatic carbocycles. The molecule has 78 valence electrons. The van der Waals surface area contributed by atoms with Crippen LogP contribution in [0.5, 0.6) is 0 Å². The number of para-hydroxylation sites is 2. The summed E-state index contributed by atoms with van der Waals surface area (Å²) in [7, 11) is 0. The number of imidazole rings is 1. The standard InChI is InChI=1S/C11H12N2OS/c1-2-8(14)7-15-11-12-9-5-3-4-6-10(9)13-11/h3-6H,2,7H2,1H3,(H,12,13). The van der Waals surface area contributed by atoms with E-state index in [1.807, 2.05) is 31.2 Å². The Morgan fingerprint density at radius 2 is 2.27 bits per heavy atom. The van der Waals surface area contributed by atoms with Crippen molar-refractivity contribution >= 4 is 28.6 Å². The van der Waals surface area contributed by atoms with Gasteiger partial charge < -0.3 is 4.98 Å². The van der Waals surface area contributed by atoms with E-state index in [1.54, 1.807) is 0 Å². The fraction of sp³-hybridized carbons (Fsp3) is 0.273. The summed E-state index contributed by atoms with van der Waals surface area (Å²) in [5.41, 5.74) is 1.97. The van der Waals surface area contributed by atoms with Gasteiger partial charge in [-0.25, -0.2) is 4.98 Å². The van der Waals surface area contributed by atoms with Crippen molar-refractivity contribution in [1.82, 2.24) is 9.97 Å². The lowest BCUT2D eigenvalue weighted by molar-refractivity contribution is -0.116. The van der Waals surface area contributed by atoms with Gasteiger partial charge in [-0.15, -0.1) is 0 Å². The van der Waals surface area contributed by atoms with E-state index in [1.165, 1.54) is 11.8 Å². The molecule has 0 bridgehead atoms. The fourth-order valence-electron chi connectivity index (χ4n) is 1.25. The number of hydrogen-bond donors (Lipinski definition) is 1. The summed E-state index contributed by atoms with van der Waals surface area (Å²) in [6.45, 7) is 1.88. The highest BCUT2D eigenvalue weighted by Gasteiger charge is 2.04. The quantitative estimate of drug-likeness (QED) is 0.806. The Hall–Kier alpha value is -1.29. The van der Waals surface area contributed by atoms with Gasteiger partial charge in [0.1, 0.15) is 5.78 Å². The number of nitrogens with zero attached hydrogens (tertiary/aromatic N) is 1. The lowest BCUT2D eigenvalue weighted by Gasteiger charge is -1.93. The van der Waals surface area contributed by atoms with Gasteiger partial charge in [0.2, 0.25) is 0 Å². The lowest BCUT2D eigenvalue weighted by atomic mass is 10.3. The van der Waals surface area contributed by atoms with E-state index in [4.69, 9.17) is 0 Å². The number of carbonyl (C=O) groups excluding carboxylic acids is 1. The molecule has 0 atom stereocenters. The van der Waals surface area contributed by atoms with Crippen molar-refractivity contribution in [1.29, 1.82) is 0 Å². The van der Waals surface area contributed by atoms with Crippen molar-refractivity contribution in [2.45, 2.75) is 18.5 Å². The summed E-state index contributed by atoms with van der Waals surface area (Å²) in [4.78, 5) is 18.7. The summed E-state index contributed by atoms with van der Waals surface area (Å²) < 4.78 is 0. The van der Waals surface area contributed by atoms with Crippen molar-refractivity contribution in [3.63, 3.8) is 0 Å². The van der Waals surface area contributed by atoms with Gasteiger partial charge in [0.25, 0.3) is 0 Å². The zero-order chi connectivity index (χ0) is 10.7. The average molecular weight is 220 g/mol. The summed E-state index contributed by atoms with van der Waals surface area (Å²) in [6.07, 6.45) is 0.591. The van der Waals surface area contributed by atoms with Crippen LogP contribution < -0.4 is 0 Å². The number of benzene rings is 1. The first-order valence-electron chi connectivity index (χ1n) is 4.89. The second kappa shape index (κ2) is 4.49. The molecule has 4 heteroatoms. The van der Waals surface area contributed by atoms with Crippen LogP contribution in [0.1, 0.15) is 13.3 Å². The van der Waals surface area contributed by atoms with Crippen LogP contribution in [0.3, 0.4) is 0 Å². The van der Waals surface area contributed by atoms with E-state index in [0.717, 1.165) is 16.2 Å². The predicted octanol–water partition coefficient (Wildman–Crippen LogP) is 2.63. The van der Waals surface area contributed by atoms with Crippen LogP contribution in [0.25, 0.3) is 11.0 Å². The van der Waals surface area contributed by atoms with E-state index in [9.17, 15) is 4.79 Å². The van der Waals surface area contributed by atoms with E-state index in [-0.39, 0.29) is 5.78 Å². The SMILES string of the molecule is CCC(=O)CSc1nc2ccccc2[nH]1. The molecule has 0 saturated carbocycles. The molecule has 1 N–H and O–H groups in total. The van der Waals surface area contributed by atoms with Crippen LogP contribution in [-0.4, -0.2) is 21.5 Å². The molecule has 0 spiro atoms. The van der Waals surface area contributed by atoms with Gasteiger partial charge in [-0.2, -0.15) is 0 Å². The summed E-state index contributed by atoms with van der Waals surface area (Å²) in [6, 6.07) is 7.85. The number of H-pyrrole nitrogens is 1. The molecular weight excluding hydrogens is 208 g/mol. The number of nitrogens with one attached hydrogen (secondary N) is 1. The van der Waals surface area contributed by atoms with Gasteiger partial charge in [0.15, 0.2) is 5.16 Å². The van der Waals surface area contributed by atoms with E-state index in [0.29, 0.717) is 12.2 Å². The zero-order valence-corrected chi connectivity index (χ0v) is 9.30. The van der Waals surface area contributed by atoms with Gasteiger partial charge >= 0.3 is 0 Å². The van der Waals surface area contributed by atoms with Crippen LogP contribution >= 0.6 is 11.8 Å². The molecule has 1 aromatic heterocycles. The van der Waals surface area contributed by atoms with Crippen molar-refractivity contribution in [3.05, 3.63) is 24.3 Å². The molecule has 0 aliphatic heterocycles. The minimum Gasteiger partial charge on any atom is -0.333 e. The molecule has 0 fully saturated rings. The number of fused-ring (bicyclic) bond motifs is 1. The van der Waals surface area contributed by atoms with Gasteiger partial charge in [0, 0.05) is 6.42 Å². The Morgan fingerprint density at radius 3 is 3.00 bits per heavy atom. The normalized spacial score (nSPS) is 10.7. The topological polar surface area (TPSA) is 45.8 Å². The first kappa shape index (κ1) is 10.2. The Balaban J connectivity index is 2.12. The summed E-state index contributed by atoms with van der Waals surface area (Å²) >= 11 is 1.46. The van der Waals surface area contributed by atoms with E-state index in [2.05, 4.69) is 9.97 Å². The second-order valence-corrected chi connectivity index (χ2v) is 4.20. The maximum absolute atomic E-state index is 11.1. The van der Waals surface area contributed by atoms with Crippen molar-refractivity contribution in [3.8, 4) is 0 Å². The largest absolute Gasteiger partial charge is 0.333 e. The van der Waals surface area contributed by atoms with Crippen LogP contribution in [0, 0.1) is 0 Å². The van der Waals surface area contributed by atoms with Crippen LogP contribution in [0.2, 0.25) is 0 Å². The van der Waals surface area contributed by atoms with Crippen LogP contribution in [0.15, 0.2) is 29.4 Å². The van der Waals surface area contributed by atoms with Gasteiger partial charge in [-0.3, -0.25) is 4.79 Å². The van der Waals surface area contributed by atoms with Gasteiger partial charge in [-0.05, 0) is 12.1 Å². The number of rotatable bonds is 4. The molecule has 15 heavy (non-hydrogen) atoms. The third kappa shape index (κ3) is 2.39. The van der Waals surface area contributed by atoms with Gasteiger partial charge in [-0.1, -0.05) is 30.8 Å². The number of aromatic nitrogens is 2. The molecule has 1 heterocycles. The fourth-order valence-corrected chi connectivity index (χ4v) is 2.10. The predicted molar refractivity (Wildman–Crippen MR) is 62.1 cm³/mol. The smallest absolute Gasteiger partial charge is 0.166 e. The zero-order valence-electron chi connectivity index (χ0n) is 8.49. The summed E-state index contributed by atoms with van der Waals surface area (Å²) in [5.74, 6) is 0.747. The van der Waals surface area contributed by atoms with Crippen LogP contribution in [-0.2, 0) is 4.79 Å². The van der Waals surface area contributed by atoms with Gasteiger partial charge in [0.05, 0.1) is 16.8 Å². The highest BCUT2D eigenvalue weighted by atomic mass is 32.2. The molecular formula is C11H12N2OS. The van der Waals surface area contributed by atoms with Crippen molar-refractivity contribution < 1.29 is 4.79 Å². The Morgan fingerprint density at radius 1 is 1.47 bits per heavy atom. The number of carbonyl (C=O) groups is 1. The molecule has 0 amide bonds. The van der Waals surface area contributed by atoms with E-state index >= 15 is 0 Å². The van der Waals surface area contributed by atoms with Crippen LogP contribution in [0.4, 0.5) is 0 Å². The molecule has 2 aromatic rings. The molecule has 1 aromatic carbocycles. The highest BCUT2D eigenvalue weighted by molar-refractivity contribution is 7.99. The highest BCUT2D eigenvalue weighted by Crippen LogP contribution is 2.19. The molecule has 0 unspecified atom stereocenters. The minimum atomic E-state index is 0.250. The second-order valence-electron chi connectivity index (χ2n) is 3.24. The minimum absolute atomic E-state index is 0.250. The Kier molecular flexibility index (Phi) is 3.06. The molecule has 3 nitrogen and oxygen atoms in total. The summed E-state index contributed by atoms with van der Waals surface area (Å²) in [5, 5.41) is 0.818. The maximum Gasteiger partial charge on any atom is 0.166 e. The molecule has 0 saturated heterocycles. The number of thioether (sulfide) groups is 1. The Bertz CT molecular complexity index is 445. The third-order valence-electron chi connectivity index (χ3n) is 2.13. The Labute approximate surface area is 92.3 Å². The first-order chi connectivity index (χ1) is 7.29. The van der Waals surface area contributed by atoms with Crippen molar-refractivity contribution in [2.24, 2.45) is 0 Å². The van der Waals surface area contributed by atoms with Crippen molar-refractivity contribution in [2.75, 3.05) is 5.75 Å². The lowest BCUT2D eigenvalue weighted by Crippen LogP contribution is -1.98. The molecule has 0 aliphatic rings. The number of ketones is 1. The van der Waals surface area contributed by atoms with E-state index < -0.39 is 0 Å². The number of hydrogen-bond acceptors (Lipinski definition) is 3. The monoisotopic (exact) mass is 220 g/mol. The first-order valence-corrected chi connectivity index (χ1v) is 5.87. The molecule has 2 rings (SSSR count). The third-order valence-corrected chi connectivity index (χ3v) is 3.06. The number of aromatic amines is 1. The molecule has 0 radical (unpaired) electrons. The maximum atomic E-state index is 11.1. The number of Topliss-reactive ketones (excluding diaryl/α,β-unsaturated/α-hetero) is 1. The average Bonchev–Trinajstić information content (AvgIpc) is 2.68.